The molecule has 2 amide bonds. The predicted octanol–water partition coefficient (Wildman–Crippen LogP) is 3.37. The number of halogens is 1. The molecule has 1 unspecified atom stereocenters. The fourth-order valence-electron chi connectivity index (χ4n) is 3.97. The summed E-state index contributed by atoms with van der Waals surface area (Å²) in [7, 11) is 1.57. The summed E-state index contributed by atoms with van der Waals surface area (Å²) >= 11 is 0. The van der Waals surface area contributed by atoms with Crippen LogP contribution >= 0.6 is 0 Å². The molecule has 3 rings (SSSR count). The zero-order valence-corrected chi connectivity index (χ0v) is 20.1. The van der Waals surface area contributed by atoms with Gasteiger partial charge in [-0.25, -0.2) is 9.37 Å². The molecular weight excluding hydrogens is 437 g/mol. The van der Waals surface area contributed by atoms with E-state index in [1.165, 1.54) is 18.3 Å². The molecule has 34 heavy (non-hydrogen) atoms. The number of carbonyl (C=O) groups is 2. The number of imidazole rings is 1. The zero-order chi connectivity index (χ0) is 24.8. The lowest BCUT2D eigenvalue weighted by atomic mass is 9.98. The van der Waals surface area contributed by atoms with E-state index in [9.17, 15) is 14.0 Å². The van der Waals surface area contributed by atoms with E-state index >= 15 is 0 Å². The van der Waals surface area contributed by atoms with Crippen molar-refractivity contribution in [3.05, 3.63) is 59.4 Å². The van der Waals surface area contributed by atoms with Crippen LogP contribution in [0.25, 0.3) is 5.57 Å². The molecule has 2 N–H and O–H groups in total. The maximum absolute atomic E-state index is 13.2. The number of nitrogens with one attached hydrogen (secondary N) is 2. The van der Waals surface area contributed by atoms with Crippen molar-refractivity contribution in [3.8, 4) is 0 Å². The van der Waals surface area contributed by atoms with E-state index in [4.69, 9.17) is 10.1 Å². The molecule has 0 bridgehead atoms. The van der Waals surface area contributed by atoms with Crippen molar-refractivity contribution in [1.82, 2.24) is 19.8 Å². The van der Waals surface area contributed by atoms with Gasteiger partial charge in [0.25, 0.3) is 5.91 Å². The van der Waals surface area contributed by atoms with Gasteiger partial charge in [-0.1, -0.05) is 13.8 Å². The molecule has 1 atom stereocenters. The van der Waals surface area contributed by atoms with Crippen LogP contribution in [0.5, 0.6) is 0 Å². The van der Waals surface area contributed by atoms with Gasteiger partial charge in [-0.15, -0.1) is 0 Å². The lowest BCUT2D eigenvalue weighted by Crippen LogP contribution is -2.55. The molecule has 0 saturated carbocycles. The smallest absolute Gasteiger partial charge is 0.272 e. The molecule has 182 valence electrons. The molecule has 1 aliphatic heterocycles. The van der Waals surface area contributed by atoms with Crippen molar-refractivity contribution >= 4 is 23.1 Å². The standard InChI is InChI=1S/C25H32FN5O3/c1-16(2)20(13-21(27)18-5-7-19(26)8-6-18)24-28-14-22(29-24)25(33)30-10-11-31(17(3)15-30)23(32)9-12-34-4/h5-8,13-14,16-17,27H,9-12,15H2,1-4H3,(H,28,29)/b20-13-,27-21?. The van der Waals surface area contributed by atoms with E-state index in [2.05, 4.69) is 9.97 Å². The highest BCUT2D eigenvalue weighted by Crippen LogP contribution is 2.23. The Hall–Kier alpha value is -3.33. The average Bonchev–Trinajstić information content (AvgIpc) is 3.30. The number of ether oxygens (including phenoxy) is 1. The summed E-state index contributed by atoms with van der Waals surface area (Å²) in [5, 5.41) is 8.39. The molecule has 1 aliphatic rings. The number of nitrogens with zero attached hydrogens (tertiary/aromatic N) is 3. The molecule has 2 aromatic rings. The SMILES string of the molecule is COCCC(=O)N1CCN(C(=O)c2cnc(/C(=C\C(=N)c3ccc(F)cc3)C(C)C)[nH]2)CC1C. The van der Waals surface area contributed by atoms with Crippen molar-refractivity contribution in [2.24, 2.45) is 5.92 Å². The Labute approximate surface area is 199 Å². The van der Waals surface area contributed by atoms with E-state index in [0.29, 0.717) is 49.7 Å². The summed E-state index contributed by atoms with van der Waals surface area (Å²) in [4.78, 5) is 36.5. The van der Waals surface area contributed by atoms with Crippen molar-refractivity contribution in [3.63, 3.8) is 0 Å². The van der Waals surface area contributed by atoms with Gasteiger partial charge in [0.2, 0.25) is 5.91 Å². The quantitative estimate of drug-likeness (QED) is 0.579. The minimum absolute atomic E-state index is 0.0283. The van der Waals surface area contributed by atoms with Gasteiger partial charge in [0.05, 0.1) is 24.9 Å². The van der Waals surface area contributed by atoms with Gasteiger partial charge < -0.3 is 24.9 Å². The lowest BCUT2D eigenvalue weighted by molar-refractivity contribution is -0.136. The Balaban J connectivity index is 1.71. The molecule has 0 spiro atoms. The predicted molar refractivity (Wildman–Crippen MR) is 128 cm³/mol. The second kappa shape index (κ2) is 11.2. The fourth-order valence-corrected chi connectivity index (χ4v) is 3.97. The Morgan fingerprint density at radius 1 is 1.29 bits per heavy atom. The van der Waals surface area contributed by atoms with Crippen molar-refractivity contribution in [2.75, 3.05) is 33.4 Å². The summed E-state index contributed by atoms with van der Waals surface area (Å²) in [6.45, 7) is 7.63. The van der Waals surface area contributed by atoms with Crippen LogP contribution in [0.1, 0.15) is 49.1 Å². The molecule has 1 aromatic carbocycles. The second-order valence-electron chi connectivity index (χ2n) is 8.75. The lowest BCUT2D eigenvalue weighted by Gasteiger charge is -2.39. The van der Waals surface area contributed by atoms with E-state index in [1.54, 1.807) is 35.1 Å². The van der Waals surface area contributed by atoms with Crippen LogP contribution in [-0.2, 0) is 9.53 Å². The number of rotatable bonds is 8. The van der Waals surface area contributed by atoms with Crippen LogP contribution in [0.4, 0.5) is 4.39 Å². The van der Waals surface area contributed by atoms with Gasteiger partial charge in [0, 0.05) is 32.8 Å². The fraction of sp³-hybridized carbons (Fsp3) is 0.440. The number of amides is 2. The molecule has 8 nitrogen and oxygen atoms in total. The first-order valence-corrected chi connectivity index (χ1v) is 11.4. The molecule has 1 fully saturated rings. The Morgan fingerprint density at radius 3 is 2.62 bits per heavy atom. The molecule has 9 heteroatoms. The summed E-state index contributed by atoms with van der Waals surface area (Å²) in [6.07, 6.45) is 3.53. The minimum atomic E-state index is -0.353. The summed E-state index contributed by atoms with van der Waals surface area (Å²) in [5.41, 5.74) is 1.96. The minimum Gasteiger partial charge on any atom is -0.384 e. The van der Waals surface area contributed by atoms with Gasteiger partial charge in [0.15, 0.2) is 0 Å². The van der Waals surface area contributed by atoms with Crippen molar-refractivity contribution in [1.29, 1.82) is 5.41 Å². The van der Waals surface area contributed by atoms with Crippen LogP contribution in [0, 0.1) is 17.1 Å². The Morgan fingerprint density at radius 2 is 2.00 bits per heavy atom. The third-order valence-electron chi connectivity index (χ3n) is 5.91. The normalized spacial score (nSPS) is 16.8. The highest BCUT2D eigenvalue weighted by atomic mass is 19.1. The van der Waals surface area contributed by atoms with Gasteiger partial charge in [-0.2, -0.15) is 0 Å². The second-order valence-corrected chi connectivity index (χ2v) is 8.75. The highest BCUT2D eigenvalue weighted by Gasteiger charge is 2.30. The zero-order valence-electron chi connectivity index (χ0n) is 20.1. The topological polar surface area (TPSA) is 102 Å². The number of benzene rings is 1. The third-order valence-corrected chi connectivity index (χ3v) is 5.91. The number of hydrogen-bond acceptors (Lipinski definition) is 5. The number of hydrogen-bond donors (Lipinski definition) is 2. The maximum Gasteiger partial charge on any atom is 0.272 e. The van der Waals surface area contributed by atoms with E-state index < -0.39 is 0 Å². The molecule has 1 aromatic heterocycles. The summed E-state index contributed by atoms with van der Waals surface area (Å²) in [6, 6.07) is 5.67. The molecule has 0 radical (unpaired) electrons. The van der Waals surface area contributed by atoms with E-state index in [-0.39, 0.29) is 35.3 Å². The summed E-state index contributed by atoms with van der Waals surface area (Å²) < 4.78 is 18.2. The van der Waals surface area contributed by atoms with Crippen molar-refractivity contribution < 1.29 is 18.7 Å². The monoisotopic (exact) mass is 469 g/mol. The van der Waals surface area contributed by atoms with Crippen LogP contribution in [0.3, 0.4) is 0 Å². The van der Waals surface area contributed by atoms with Gasteiger partial charge in [-0.05, 0) is 54.3 Å². The van der Waals surface area contributed by atoms with Gasteiger partial charge in [-0.3, -0.25) is 9.59 Å². The van der Waals surface area contributed by atoms with Gasteiger partial charge in [0.1, 0.15) is 17.3 Å². The molecular formula is C25H32FN5O3. The number of methoxy groups -OCH3 is 1. The molecule has 1 saturated heterocycles. The average molecular weight is 470 g/mol. The highest BCUT2D eigenvalue weighted by molar-refractivity contribution is 6.10. The number of H-pyrrole nitrogens is 1. The van der Waals surface area contributed by atoms with E-state index in [1.807, 2.05) is 20.8 Å². The Bertz CT molecular complexity index is 1060. The molecule has 2 heterocycles. The van der Waals surface area contributed by atoms with Crippen molar-refractivity contribution in [2.45, 2.75) is 33.2 Å². The van der Waals surface area contributed by atoms with Crippen LogP contribution < -0.4 is 0 Å². The number of aromatic amines is 1. The number of aromatic nitrogens is 2. The first-order chi connectivity index (χ1) is 16.2. The van der Waals surface area contributed by atoms with Crippen LogP contribution in [0.15, 0.2) is 36.5 Å². The number of allylic oxidation sites excluding steroid dienone is 2. The van der Waals surface area contributed by atoms with E-state index in [0.717, 1.165) is 5.57 Å². The van der Waals surface area contributed by atoms with Crippen LogP contribution in [0.2, 0.25) is 0 Å². The maximum atomic E-state index is 13.2. The van der Waals surface area contributed by atoms with Gasteiger partial charge >= 0.3 is 0 Å². The first-order valence-electron chi connectivity index (χ1n) is 11.4. The molecule has 0 aliphatic carbocycles. The third kappa shape index (κ3) is 5.96. The number of carbonyl (C=O) groups excluding carboxylic acids is 2. The first kappa shape index (κ1) is 25.3. The summed E-state index contributed by atoms with van der Waals surface area (Å²) in [5.74, 6) is 0.0587. The number of piperazine rings is 1. The Kier molecular flexibility index (Phi) is 8.33. The van der Waals surface area contributed by atoms with Crippen LogP contribution in [-0.4, -0.2) is 76.7 Å². The largest absolute Gasteiger partial charge is 0.384 e.